The van der Waals surface area contributed by atoms with Gasteiger partial charge < -0.3 is 19.7 Å². The molecule has 0 bridgehead atoms. The van der Waals surface area contributed by atoms with E-state index in [0.717, 1.165) is 70.2 Å². The maximum atomic E-state index is 6.04. The first kappa shape index (κ1) is 21.7. The van der Waals surface area contributed by atoms with Gasteiger partial charge in [0.2, 0.25) is 0 Å². The molecule has 1 unspecified atom stereocenters. The first-order valence-corrected chi connectivity index (χ1v) is 11.2. The van der Waals surface area contributed by atoms with Crippen molar-refractivity contribution in [2.45, 2.75) is 46.1 Å². The second kappa shape index (κ2) is 11.2. The summed E-state index contributed by atoms with van der Waals surface area (Å²) in [6, 6.07) is 15.3. The molecule has 1 aliphatic heterocycles. The van der Waals surface area contributed by atoms with Gasteiger partial charge in [0.15, 0.2) is 0 Å². The number of hydrogen-bond donors (Lipinski definition) is 1. The zero-order valence-corrected chi connectivity index (χ0v) is 18.2. The molecule has 1 aliphatic rings. The molecule has 29 heavy (non-hydrogen) atoms. The lowest BCUT2D eigenvalue weighted by Crippen LogP contribution is -2.30. The number of fused-ring (bicyclic) bond motifs is 1. The Bertz CT molecular complexity index is 758. The van der Waals surface area contributed by atoms with Crippen LogP contribution in [-0.2, 0) is 6.42 Å². The van der Waals surface area contributed by atoms with Crippen LogP contribution in [0.3, 0.4) is 0 Å². The van der Waals surface area contributed by atoms with E-state index in [-0.39, 0.29) is 6.04 Å². The fourth-order valence-electron chi connectivity index (χ4n) is 3.88. The van der Waals surface area contributed by atoms with Crippen LogP contribution in [0, 0.1) is 0 Å². The van der Waals surface area contributed by atoms with E-state index in [4.69, 9.17) is 9.47 Å². The molecule has 0 aromatic heterocycles. The molecule has 0 spiro atoms. The Labute approximate surface area is 176 Å². The number of hydrogen-bond acceptors (Lipinski definition) is 4. The van der Waals surface area contributed by atoms with E-state index in [2.05, 4.69) is 73.5 Å². The van der Waals surface area contributed by atoms with Crippen molar-refractivity contribution in [1.29, 1.82) is 0 Å². The highest BCUT2D eigenvalue weighted by Crippen LogP contribution is 2.32. The van der Waals surface area contributed by atoms with Crippen molar-refractivity contribution in [2.75, 3.05) is 39.4 Å². The molecular formula is C25H36N2O2. The van der Waals surface area contributed by atoms with Crippen molar-refractivity contribution in [3.05, 3.63) is 59.2 Å². The van der Waals surface area contributed by atoms with Crippen molar-refractivity contribution in [1.82, 2.24) is 10.2 Å². The van der Waals surface area contributed by atoms with Crippen LogP contribution in [0.4, 0.5) is 0 Å². The Hall–Kier alpha value is -2.04. The minimum Gasteiger partial charge on any atom is -0.494 e. The standard InChI is InChI=1S/C25H36N2O2/c1-4-7-16-28-22-10-8-9-21(19-22)25-24-12-11-23(18-20(24)13-14-26-25)29-17-15-27(5-2)6-3/h8-12,18-19,25-26H,4-7,13-17H2,1-3H3. The van der Waals surface area contributed by atoms with Gasteiger partial charge in [-0.2, -0.15) is 0 Å². The second-order valence-corrected chi connectivity index (χ2v) is 7.65. The van der Waals surface area contributed by atoms with Crippen molar-refractivity contribution < 1.29 is 9.47 Å². The van der Waals surface area contributed by atoms with Gasteiger partial charge in [0, 0.05) is 13.1 Å². The summed E-state index contributed by atoms with van der Waals surface area (Å²) in [6.07, 6.45) is 3.27. The number of ether oxygens (including phenoxy) is 2. The lowest BCUT2D eigenvalue weighted by Gasteiger charge is -2.28. The molecule has 2 aromatic carbocycles. The van der Waals surface area contributed by atoms with Crippen LogP contribution in [0.2, 0.25) is 0 Å². The summed E-state index contributed by atoms with van der Waals surface area (Å²) in [6.45, 7) is 12.2. The van der Waals surface area contributed by atoms with E-state index in [0.29, 0.717) is 0 Å². The van der Waals surface area contributed by atoms with Gasteiger partial charge in [-0.25, -0.2) is 0 Å². The third-order valence-electron chi connectivity index (χ3n) is 5.70. The molecule has 0 amide bonds. The summed E-state index contributed by atoms with van der Waals surface area (Å²) in [7, 11) is 0. The molecule has 1 N–H and O–H groups in total. The Balaban J connectivity index is 1.68. The second-order valence-electron chi connectivity index (χ2n) is 7.65. The Morgan fingerprint density at radius 2 is 1.76 bits per heavy atom. The highest BCUT2D eigenvalue weighted by molar-refractivity contribution is 5.45. The van der Waals surface area contributed by atoms with E-state index >= 15 is 0 Å². The predicted molar refractivity (Wildman–Crippen MR) is 120 cm³/mol. The number of nitrogens with one attached hydrogen (secondary N) is 1. The van der Waals surface area contributed by atoms with Crippen LogP contribution in [0.25, 0.3) is 0 Å². The van der Waals surface area contributed by atoms with E-state index in [1.54, 1.807) is 0 Å². The van der Waals surface area contributed by atoms with E-state index < -0.39 is 0 Å². The third-order valence-corrected chi connectivity index (χ3v) is 5.70. The van der Waals surface area contributed by atoms with Gasteiger partial charge in [0.25, 0.3) is 0 Å². The molecule has 1 atom stereocenters. The summed E-state index contributed by atoms with van der Waals surface area (Å²) in [5.41, 5.74) is 3.99. The quantitative estimate of drug-likeness (QED) is 0.552. The average molecular weight is 397 g/mol. The van der Waals surface area contributed by atoms with Crippen LogP contribution in [0.1, 0.15) is 56.3 Å². The summed E-state index contributed by atoms with van der Waals surface area (Å²) in [4.78, 5) is 2.38. The Morgan fingerprint density at radius 3 is 2.55 bits per heavy atom. The van der Waals surface area contributed by atoms with E-state index in [9.17, 15) is 0 Å². The average Bonchev–Trinajstić information content (AvgIpc) is 2.76. The van der Waals surface area contributed by atoms with Crippen LogP contribution < -0.4 is 14.8 Å². The molecule has 1 heterocycles. The monoisotopic (exact) mass is 396 g/mol. The van der Waals surface area contributed by atoms with Gasteiger partial charge in [-0.15, -0.1) is 0 Å². The predicted octanol–water partition coefficient (Wildman–Crippen LogP) is 4.82. The molecule has 0 saturated heterocycles. The fourth-order valence-corrected chi connectivity index (χ4v) is 3.88. The van der Waals surface area contributed by atoms with Gasteiger partial charge in [-0.1, -0.05) is 45.4 Å². The Kier molecular flexibility index (Phi) is 8.38. The summed E-state index contributed by atoms with van der Waals surface area (Å²) in [5.74, 6) is 1.94. The zero-order chi connectivity index (χ0) is 20.5. The van der Waals surface area contributed by atoms with E-state index in [1.165, 1.54) is 16.7 Å². The topological polar surface area (TPSA) is 33.7 Å². The highest BCUT2D eigenvalue weighted by Gasteiger charge is 2.22. The number of benzene rings is 2. The fraction of sp³-hybridized carbons (Fsp3) is 0.520. The number of likely N-dealkylation sites (N-methyl/N-ethyl adjacent to an activating group) is 1. The maximum Gasteiger partial charge on any atom is 0.119 e. The molecule has 0 fully saturated rings. The van der Waals surface area contributed by atoms with Crippen molar-refractivity contribution >= 4 is 0 Å². The molecule has 4 nitrogen and oxygen atoms in total. The van der Waals surface area contributed by atoms with Crippen molar-refractivity contribution in [2.24, 2.45) is 0 Å². The lowest BCUT2D eigenvalue weighted by atomic mass is 9.89. The molecule has 2 aromatic rings. The lowest BCUT2D eigenvalue weighted by molar-refractivity contribution is 0.222. The van der Waals surface area contributed by atoms with Crippen LogP contribution in [0.5, 0.6) is 11.5 Å². The molecule has 158 valence electrons. The van der Waals surface area contributed by atoms with Gasteiger partial charge >= 0.3 is 0 Å². The molecule has 0 saturated carbocycles. The molecule has 3 rings (SSSR count). The van der Waals surface area contributed by atoms with Gasteiger partial charge in [-0.05, 0) is 66.9 Å². The Morgan fingerprint density at radius 1 is 0.966 bits per heavy atom. The summed E-state index contributed by atoms with van der Waals surface area (Å²) < 4.78 is 12.0. The molecule has 4 heteroatoms. The minimum atomic E-state index is 0.207. The molecule has 0 aliphatic carbocycles. The van der Waals surface area contributed by atoms with E-state index in [1.807, 2.05) is 0 Å². The molecule has 0 radical (unpaired) electrons. The maximum absolute atomic E-state index is 6.04. The number of nitrogens with zero attached hydrogens (tertiary/aromatic N) is 1. The zero-order valence-electron chi connectivity index (χ0n) is 18.2. The normalized spacial score (nSPS) is 15.9. The summed E-state index contributed by atoms with van der Waals surface area (Å²) in [5, 5.41) is 3.68. The number of unbranched alkanes of at least 4 members (excludes halogenated alkanes) is 1. The van der Waals surface area contributed by atoms with Crippen LogP contribution >= 0.6 is 0 Å². The largest absolute Gasteiger partial charge is 0.494 e. The minimum absolute atomic E-state index is 0.207. The smallest absolute Gasteiger partial charge is 0.119 e. The van der Waals surface area contributed by atoms with Crippen LogP contribution in [0.15, 0.2) is 42.5 Å². The number of rotatable bonds is 11. The van der Waals surface area contributed by atoms with Crippen LogP contribution in [-0.4, -0.2) is 44.3 Å². The van der Waals surface area contributed by atoms with Crippen molar-refractivity contribution in [3.63, 3.8) is 0 Å². The first-order chi connectivity index (χ1) is 14.2. The first-order valence-electron chi connectivity index (χ1n) is 11.2. The van der Waals surface area contributed by atoms with Gasteiger partial charge in [0.05, 0.1) is 12.6 Å². The van der Waals surface area contributed by atoms with Crippen molar-refractivity contribution in [3.8, 4) is 11.5 Å². The summed E-state index contributed by atoms with van der Waals surface area (Å²) >= 11 is 0. The SMILES string of the molecule is CCCCOc1cccc(C2NCCc3cc(OCCN(CC)CC)ccc32)c1. The third kappa shape index (κ3) is 5.97. The van der Waals surface area contributed by atoms with Gasteiger partial charge in [-0.3, -0.25) is 0 Å². The molecular weight excluding hydrogens is 360 g/mol. The van der Waals surface area contributed by atoms with Gasteiger partial charge in [0.1, 0.15) is 18.1 Å². The highest BCUT2D eigenvalue weighted by atomic mass is 16.5.